The highest BCUT2D eigenvalue weighted by molar-refractivity contribution is 5.73. The summed E-state index contributed by atoms with van der Waals surface area (Å²) in [6.07, 6.45) is 1.09. The highest BCUT2D eigenvalue weighted by atomic mass is 16.2. The van der Waals surface area contributed by atoms with Crippen LogP contribution in [0.2, 0.25) is 0 Å². The lowest BCUT2D eigenvalue weighted by atomic mass is 10.2. The molecule has 0 aliphatic carbocycles. The third kappa shape index (κ3) is 2.69. The summed E-state index contributed by atoms with van der Waals surface area (Å²) in [5, 5.41) is 0. The lowest BCUT2D eigenvalue weighted by molar-refractivity contribution is -0.127. The van der Waals surface area contributed by atoms with Crippen molar-refractivity contribution in [3.63, 3.8) is 0 Å². The molecule has 0 radical (unpaired) electrons. The van der Waals surface area contributed by atoms with E-state index >= 15 is 0 Å². The molecule has 82 valence electrons. The van der Waals surface area contributed by atoms with E-state index in [1.165, 1.54) is 0 Å². The Labute approximate surface area is 86.0 Å². The smallest absolute Gasteiger partial charge is 0.219 e. The molecular weight excluding hydrogens is 178 g/mol. The van der Waals surface area contributed by atoms with Crippen molar-refractivity contribution in [2.75, 3.05) is 32.7 Å². The highest BCUT2D eigenvalue weighted by Gasteiger charge is 2.27. The van der Waals surface area contributed by atoms with E-state index in [1.807, 2.05) is 4.90 Å². The van der Waals surface area contributed by atoms with Gasteiger partial charge >= 0.3 is 0 Å². The van der Waals surface area contributed by atoms with Crippen LogP contribution in [0.15, 0.2) is 0 Å². The first kappa shape index (κ1) is 11.5. The van der Waals surface area contributed by atoms with Gasteiger partial charge in [-0.05, 0) is 13.0 Å². The summed E-state index contributed by atoms with van der Waals surface area (Å²) < 4.78 is 0. The van der Waals surface area contributed by atoms with E-state index in [2.05, 4.69) is 11.8 Å². The van der Waals surface area contributed by atoms with Crippen molar-refractivity contribution in [1.29, 1.82) is 0 Å². The zero-order chi connectivity index (χ0) is 10.6. The normalized spacial score (nSPS) is 22.0. The molecule has 1 aliphatic rings. The summed E-state index contributed by atoms with van der Waals surface area (Å²) in [4.78, 5) is 15.4. The molecule has 0 saturated carbocycles. The fourth-order valence-corrected chi connectivity index (χ4v) is 2.09. The predicted molar refractivity (Wildman–Crippen MR) is 57.0 cm³/mol. The SMILES string of the molecule is CCN(CCN)C1CCN(C(C)=O)C1. The zero-order valence-corrected chi connectivity index (χ0v) is 9.20. The van der Waals surface area contributed by atoms with Gasteiger partial charge in [0, 0.05) is 39.1 Å². The van der Waals surface area contributed by atoms with Crippen LogP contribution in [0, 0.1) is 0 Å². The van der Waals surface area contributed by atoms with E-state index in [0.717, 1.165) is 32.6 Å². The molecule has 1 fully saturated rings. The molecule has 0 aromatic heterocycles. The molecule has 1 aliphatic heterocycles. The van der Waals surface area contributed by atoms with Crippen molar-refractivity contribution in [2.24, 2.45) is 5.73 Å². The van der Waals surface area contributed by atoms with Gasteiger partial charge in [-0.2, -0.15) is 0 Å². The van der Waals surface area contributed by atoms with Gasteiger partial charge < -0.3 is 10.6 Å². The maximum atomic E-state index is 11.1. The van der Waals surface area contributed by atoms with Gasteiger partial charge in [0.05, 0.1) is 0 Å². The molecule has 1 amide bonds. The quantitative estimate of drug-likeness (QED) is 0.687. The minimum Gasteiger partial charge on any atom is -0.341 e. The number of likely N-dealkylation sites (N-methyl/N-ethyl adjacent to an activating group) is 1. The van der Waals surface area contributed by atoms with Gasteiger partial charge in [-0.3, -0.25) is 9.69 Å². The van der Waals surface area contributed by atoms with Crippen molar-refractivity contribution >= 4 is 5.91 Å². The summed E-state index contributed by atoms with van der Waals surface area (Å²) in [6, 6.07) is 0.521. The first-order valence-corrected chi connectivity index (χ1v) is 5.38. The second-order valence-corrected chi connectivity index (χ2v) is 3.82. The molecule has 4 heteroatoms. The molecule has 14 heavy (non-hydrogen) atoms. The number of nitrogens with zero attached hydrogens (tertiary/aromatic N) is 2. The number of nitrogens with two attached hydrogens (primary N) is 1. The Kier molecular flexibility index (Phi) is 4.35. The van der Waals surface area contributed by atoms with E-state index in [9.17, 15) is 4.79 Å². The van der Waals surface area contributed by atoms with Crippen LogP contribution in [-0.4, -0.2) is 54.5 Å². The van der Waals surface area contributed by atoms with Crippen LogP contribution in [0.4, 0.5) is 0 Å². The third-order valence-electron chi connectivity index (χ3n) is 2.95. The fourth-order valence-electron chi connectivity index (χ4n) is 2.09. The van der Waals surface area contributed by atoms with Gasteiger partial charge in [-0.1, -0.05) is 6.92 Å². The lowest BCUT2D eigenvalue weighted by Gasteiger charge is -2.26. The highest BCUT2D eigenvalue weighted by Crippen LogP contribution is 2.14. The zero-order valence-electron chi connectivity index (χ0n) is 9.20. The van der Waals surface area contributed by atoms with E-state index in [-0.39, 0.29) is 5.91 Å². The summed E-state index contributed by atoms with van der Waals surface area (Å²) in [6.45, 7) is 8.23. The van der Waals surface area contributed by atoms with E-state index < -0.39 is 0 Å². The monoisotopic (exact) mass is 199 g/mol. The van der Waals surface area contributed by atoms with Crippen LogP contribution in [0.1, 0.15) is 20.3 Å². The molecule has 1 rings (SSSR count). The summed E-state index contributed by atoms with van der Waals surface area (Å²) >= 11 is 0. The average molecular weight is 199 g/mol. The second-order valence-electron chi connectivity index (χ2n) is 3.82. The summed E-state index contributed by atoms with van der Waals surface area (Å²) in [7, 11) is 0. The molecule has 0 bridgehead atoms. The van der Waals surface area contributed by atoms with Crippen LogP contribution in [0.5, 0.6) is 0 Å². The molecule has 2 N–H and O–H groups in total. The van der Waals surface area contributed by atoms with Crippen molar-refractivity contribution in [2.45, 2.75) is 26.3 Å². The minimum atomic E-state index is 0.191. The Hall–Kier alpha value is -0.610. The Morgan fingerprint density at radius 1 is 1.64 bits per heavy atom. The van der Waals surface area contributed by atoms with Crippen LogP contribution >= 0.6 is 0 Å². The Bertz CT molecular complexity index is 196. The number of amides is 1. The largest absolute Gasteiger partial charge is 0.341 e. The second kappa shape index (κ2) is 5.32. The van der Waals surface area contributed by atoms with E-state index in [0.29, 0.717) is 12.6 Å². The standard InChI is InChI=1S/C10H21N3O/c1-3-12(7-5-11)10-4-6-13(8-10)9(2)14/h10H,3-8,11H2,1-2H3. The van der Waals surface area contributed by atoms with Crippen molar-refractivity contribution in [1.82, 2.24) is 9.80 Å². The molecule has 4 nitrogen and oxygen atoms in total. The molecule has 1 atom stereocenters. The minimum absolute atomic E-state index is 0.191. The van der Waals surface area contributed by atoms with Gasteiger partial charge in [0.25, 0.3) is 0 Å². The third-order valence-corrected chi connectivity index (χ3v) is 2.95. The van der Waals surface area contributed by atoms with Gasteiger partial charge in [0.15, 0.2) is 0 Å². The topological polar surface area (TPSA) is 49.6 Å². The first-order chi connectivity index (χ1) is 6.69. The van der Waals surface area contributed by atoms with Crippen molar-refractivity contribution < 1.29 is 4.79 Å². The molecule has 1 unspecified atom stereocenters. The van der Waals surface area contributed by atoms with Crippen molar-refractivity contribution in [3.8, 4) is 0 Å². The lowest BCUT2D eigenvalue weighted by Crippen LogP contribution is -2.40. The molecule has 0 aromatic carbocycles. The number of hydrogen-bond acceptors (Lipinski definition) is 3. The van der Waals surface area contributed by atoms with Crippen LogP contribution in [0.25, 0.3) is 0 Å². The maximum Gasteiger partial charge on any atom is 0.219 e. The van der Waals surface area contributed by atoms with Gasteiger partial charge in [0.1, 0.15) is 0 Å². The molecule has 0 spiro atoms. The number of carbonyl (C=O) groups excluding carboxylic acids is 1. The maximum absolute atomic E-state index is 11.1. The van der Waals surface area contributed by atoms with Crippen LogP contribution < -0.4 is 5.73 Å². The number of carbonyl (C=O) groups is 1. The summed E-state index contributed by atoms with van der Waals surface area (Å²) in [5.74, 6) is 0.191. The van der Waals surface area contributed by atoms with Crippen molar-refractivity contribution in [3.05, 3.63) is 0 Å². The Morgan fingerprint density at radius 3 is 2.79 bits per heavy atom. The predicted octanol–water partition coefficient (Wildman–Crippen LogP) is -0.112. The Morgan fingerprint density at radius 2 is 2.36 bits per heavy atom. The van der Waals surface area contributed by atoms with Crippen LogP contribution in [-0.2, 0) is 4.79 Å². The molecule has 1 heterocycles. The number of likely N-dealkylation sites (tertiary alicyclic amines) is 1. The van der Waals surface area contributed by atoms with E-state index in [4.69, 9.17) is 5.73 Å². The number of hydrogen-bond donors (Lipinski definition) is 1. The summed E-state index contributed by atoms with van der Waals surface area (Å²) in [5.41, 5.74) is 5.54. The van der Waals surface area contributed by atoms with E-state index in [1.54, 1.807) is 6.92 Å². The van der Waals surface area contributed by atoms with Crippen LogP contribution in [0.3, 0.4) is 0 Å². The van der Waals surface area contributed by atoms with Gasteiger partial charge in [-0.25, -0.2) is 0 Å². The molecular formula is C10H21N3O. The average Bonchev–Trinajstić information content (AvgIpc) is 2.63. The van der Waals surface area contributed by atoms with Gasteiger partial charge in [-0.15, -0.1) is 0 Å². The van der Waals surface area contributed by atoms with Gasteiger partial charge in [0.2, 0.25) is 5.91 Å². The Balaban J connectivity index is 2.42. The molecule has 0 aromatic rings. The fraction of sp³-hybridized carbons (Fsp3) is 0.900. The first-order valence-electron chi connectivity index (χ1n) is 5.38. The number of rotatable bonds is 4. The molecule has 1 saturated heterocycles.